The Balaban J connectivity index is 2.76. The van der Waals surface area contributed by atoms with Gasteiger partial charge in [0.2, 0.25) is 0 Å². The van der Waals surface area contributed by atoms with E-state index in [4.69, 9.17) is 5.26 Å². The predicted octanol–water partition coefficient (Wildman–Crippen LogP) is 3.00. The van der Waals surface area contributed by atoms with Gasteiger partial charge in [-0.15, -0.1) is 0 Å². The highest BCUT2D eigenvalue weighted by molar-refractivity contribution is 5.64. The van der Waals surface area contributed by atoms with Gasteiger partial charge in [0.05, 0.1) is 16.6 Å². The number of nitro benzene ring substituents is 1. The SMILES string of the molecule is CC(C)N(CCNc1ccc(C#N)cc1[N+](=O)[O-])C(C)C. The molecule has 0 unspecified atom stereocenters. The molecule has 0 spiro atoms. The number of nitro groups is 1. The van der Waals surface area contributed by atoms with Gasteiger partial charge in [0.1, 0.15) is 5.69 Å². The minimum Gasteiger partial charge on any atom is -0.378 e. The Hall–Kier alpha value is -2.13. The molecule has 21 heavy (non-hydrogen) atoms. The molecule has 6 heteroatoms. The molecule has 1 N–H and O–H groups in total. The number of benzene rings is 1. The molecule has 1 rings (SSSR count). The van der Waals surface area contributed by atoms with Gasteiger partial charge >= 0.3 is 0 Å². The van der Waals surface area contributed by atoms with Crippen LogP contribution in [0.25, 0.3) is 0 Å². The first-order valence-electron chi connectivity index (χ1n) is 7.05. The highest BCUT2D eigenvalue weighted by Crippen LogP contribution is 2.25. The van der Waals surface area contributed by atoms with E-state index < -0.39 is 4.92 Å². The van der Waals surface area contributed by atoms with E-state index >= 15 is 0 Å². The summed E-state index contributed by atoms with van der Waals surface area (Å²) >= 11 is 0. The van der Waals surface area contributed by atoms with Crippen LogP contribution in [-0.4, -0.2) is 35.0 Å². The van der Waals surface area contributed by atoms with Gasteiger partial charge < -0.3 is 5.32 Å². The van der Waals surface area contributed by atoms with Crippen molar-refractivity contribution in [2.75, 3.05) is 18.4 Å². The van der Waals surface area contributed by atoms with E-state index in [9.17, 15) is 10.1 Å². The number of nitriles is 1. The Morgan fingerprint density at radius 2 is 1.95 bits per heavy atom. The van der Waals surface area contributed by atoms with Gasteiger partial charge in [-0.2, -0.15) is 5.26 Å². The van der Waals surface area contributed by atoms with Crippen molar-refractivity contribution >= 4 is 11.4 Å². The smallest absolute Gasteiger partial charge is 0.293 e. The summed E-state index contributed by atoms with van der Waals surface area (Å²) in [6.07, 6.45) is 0. The molecule has 0 aliphatic carbocycles. The summed E-state index contributed by atoms with van der Waals surface area (Å²) in [4.78, 5) is 12.9. The van der Waals surface area contributed by atoms with Crippen LogP contribution in [0, 0.1) is 21.4 Å². The van der Waals surface area contributed by atoms with Gasteiger partial charge in [0, 0.05) is 31.2 Å². The van der Waals surface area contributed by atoms with Gasteiger partial charge in [-0.25, -0.2) is 0 Å². The lowest BCUT2D eigenvalue weighted by molar-refractivity contribution is -0.384. The van der Waals surface area contributed by atoms with E-state index in [1.165, 1.54) is 6.07 Å². The van der Waals surface area contributed by atoms with E-state index in [-0.39, 0.29) is 5.69 Å². The summed E-state index contributed by atoms with van der Waals surface area (Å²) in [5.74, 6) is 0. The molecule has 0 radical (unpaired) electrons. The maximum atomic E-state index is 11.0. The standard InChI is InChI=1S/C15H22N4O2/c1-11(2)18(12(3)4)8-7-17-14-6-5-13(10-16)9-15(14)19(20)21/h5-6,9,11-12,17H,7-8H2,1-4H3. The van der Waals surface area contributed by atoms with Crippen LogP contribution in [0.2, 0.25) is 0 Å². The maximum Gasteiger partial charge on any atom is 0.293 e. The third-order valence-corrected chi connectivity index (χ3v) is 3.34. The number of nitrogens with zero attached hydrogens (tertiary/aromatic N) is 3. The van der Waals surface area contributed by atoms with Crippen LogP contribution >= 0.6 is 0 Å². The quantitative estimate of drug-likeness (QED) is 0.616. The van der Waals surface area contributed by atoms with Crippen LogP contribution in [0.3, 0.4) is 0 Å². The van der Waals surface area contributed by atoms with Crippen LogP contribution in [-0.2, 0) is 0 Å². The van der Waals surface area contributed by atoms with Crippen molar-refractivity contribution in [3.8, 4) is 6.07 Å². The van der Waals surface area contributed by atoms with E-state index in [0.29, 0.717) is 29.9 Å². The highest BCUT2D eigenvalue weighted by atomic mass is 16.6. The number of rotatable bonds is 7. The van der Waals surface area contributed by atoms with E-state index in [0.717, 1.165) is 6.54 Å². The largest absolute Gasteiger partial charge is 0.378 e. The average Bonchev–Trinajstić information content (AvgIpc) is 2.42. The average molecular weight is 290 g/mol. The molecular formula is C15H22N4O2. The van der Waals surface area contributed by atoms with Gasteiger partial charge in [0.25, 0.3) is 5.69 Å². The van der Waals surface area contributed by atoms with Crippen molar-refractivity contribution in [3.05, 3.63) is 33.9 Å². The fourth-order valence-electron chi connectivity index (χ4n) is 2.33. The van der Waals surface area contributed by atoms with Crippen molar-refractivity contribution in [1.82, 2.24) is 4.90 Å². The molecule has 114 valence electrons. The lowest BCUT2D eigenvalue weighted by atomic mass is 10.2. The first kappa shape index (κ1) is 16.9. The second kappa shape index (κ2) is 7.60. The number of hydrogen-bond acceptors (Lipinski definition) is 5. The lowest BCUT2D eigenvalue weighted by Gasteiger charge is -2.30. The molecule has 0 atom stereocenters. The maximum absolute atomic E-state index is 11.0. The minimum atomic E-state index is -0.466. The third kappa shape index (κ3) is 4.72. The van der Waals surface area contributed by atoms with E-state index in [1.54, 1.807) is 12.1 Å². The number of anilines is 1. The molecule has 0 bridgehead atoms. The van der Waals surface area contributed by atoms with Crippen molar-refractivity contribution in [2.24, 2.45) is 0 Å². The minimum absolute atomic E-state index is 0.0605. The fraction of sp³-hybridized carbons (Fsp3) is 0.533. The molecule has 0 heterocycles. The first-order chi connectivity index (χ1) is 9.86. The fourth-order valence-corrected chi connectivity index (χ4v) is 2.33. The molecule has 0 fully saturated rings. The number of hydrogen-bond donors (Lipinski definition) is 1. The molecule has 0 aliphatic heterocycles. The molecule has 0 aliphatic rings. The Bertz CT molecular complexity index is 527. The Labute approximate surface area is 125 Å². The molecule has 1 aromatic carbocycles. The van der Waals surface area contributed by atoms with Crippen molar-refractivity contribution in [1.29, 1.82) is 5.26 Å². The molecule has 1 aromatic rings. The molecular weight excluding hydrogens is 268 g/mol. The van der Waals surface area contributed by atoms with Crippen LogP contribution in [0.15, 0.2) is 18.2 Å². The summed E-state index contributed by atoms with van der Waals surface area (Å²) in [5.41, 5.74) is 0.680. The second-order valence-electron chi connectivity index (χ2n) is 5.45. The zero-order valence-corrected chi connectivity index (χ0v) is 13.0. The van der Waals surface area contributed by atoms with Crippen molar-refractivity contribution in [2.45, 2.75) is 39.8 Å². The van der Waals surface area contributed by atoms with Crippen molar-refractivity contribution < 1.29 is 4.92 Å². The van der Waals surface area contributed by atoms with E-state index in [2.05, 4.69) is 37.9 Å². The van der Waals surface area contributed by atoms with Gasteiger partial charge in [-0.3, -0.25) is 15.0 Å². The summed E-state index contributed by atoms with van der Waals surface area (Å²) < 4.78 is 0. The van der Waals surface area contributed by atoms with Crippen LogP contribution < -0.4 is 5.32 Å². The molecule has 0 saturated carbocycles. The Kier molecular flexibility index (Phi) is 6.12. The summed E-state index contributed by atoms with van der Waals surface area (Å²) in [7, 11) is 0. The zero-order chi connectivity index (χ0) is 16.0. The molecule has 0 aromatic heterocycles. The molecule has 0 saturated heterocycles. The second-order valence-corrected chi connectivity index (χ2v) is 5.45. The van der Waals surface area contributed by atoms with E-state index in [1.807, 2.05) is 6.07 Å². The van der Waals surface area contributed by atoms with Gasteiger partial charge in [0.15, 0.2) is 0 Å². The lowest BCUT2D eigenvalue weighted by Crippen LogP contribution is -2.40. The van der Waals surface area contributed by atoms with Crippen LogP contribution in [0.1, 0.15) is 33.3 Å². The van der Waals surface area contributed by atoms with Gasteiger partial charge in [-0.1, -0.05) is 0 Å². The highest BCUT2D eigenvalue weighted by Gasteiger charge is 2.16. The summed E-state index contributed by atoms with van der Waals surface area (Å²) in [5, 5.41) is 22.9. The van der Waals surface area contributed by atoms with Gasteiger partial charge in [-0.05, 0) is 39.8 Å². The normalized spacial score (nSPS) is 11.0. The van der Waals surface area contributed by atoms with Crippen LogP contribution in [0.5, 0.6) is 0 Å². The molecule has 0 amide bonds. The molecule has 6 nitrogen and oxygen atoms in total. The van der Waals surface area contributed by atoms with Crippen LogP contribution in [0.4, 0.5) is 11.4 Å². The zero-order valence-electron chi connectivity index (χ0n) is 13.0. The summed E-state index contributed by atoms with van der Waals surface area (Å²) in [6, 6.07) is 7.22. The predicted molar refractivity (Wildman–Crippen MR) is 83.3 cm³/mol. The van der Waals surface area contributed by atoms with Crippen molar-refractivity contribution in [3.63, 3.8) is 0 Å². The number of nitrogens with one attached hydrogen (secondary N) is 1. The topological polar surface area (TPSA) is 82.2 Å². The monoisotopic (exact) mass is 290 g/mol. The first-order valence-corrected chi connectivity index (χ1v) is 7.05. The Morgan fingerprint density at radius 3 is 2.43 bits per heavy atom. The third-order valence-electron chi connectivity index (χ3n) is 3.34. The Morgan fingerprint density at radius 1 is 1.33 bits per heavy atom. The summed E-state index contributed by atoms with van der Waals surface area (Å²) in [6.45, 7) is 9.93.